The van der Waals surface area contributed by atoms with Crippen molar-refractivity contribution in [1.29, 1.82) is 5.26 Å². The van der Waals surface area contributed by atoms with Gasteiger partial charge in [-0.3, -0.25) is 0 Å². The van der Waals surface area contributed by atoms with Crippen molar-refractivity contribution in [2.24, 2.45) is 0 Å². The zero-order chi connectivity index (χ0) is 19.3. The van der Waals surface area contributed by atoms with Crippen molar-refractivity contribution in [3.63, 3.8) is 0 Å². The highest BCUT2D eigenvalue weighted by Gasteiger charge is 2.50. The minimum absolute atomic E-state index is 0.0253. The number of nitriles is 1. The Bertz CT molecular complexity index is 894. The molecule has 0 spiro atoms. The third-order valence-electron chi connectivity index (χ3n) is 4.40. The number of halogens is 6. The predicted molar refractivity (Wildman–Crippen MR) is 78.3 cm³/mol. The molecule has 0 unspecified atom stereocenters. The maximum absolute atomic E-state index is 13.8. The zero-order valence-electron chi connectivity index (χ0n) is 13.1. The standard InChI is InChI=1S/C17H12F6N2O/c18-12-2-1-10(7-9(12)4-6-24)25-8-11(17(21,22)23)14-13(25)3-5-16(19,20)15(14)26/h1-2,7-8,15,26H,3-5H2/t15-/m0/s1. The van der Waals surface area contributed by atoms with Gasteiger partial charge in [-0.2, -0.15) is 18.4 Å². The van der Waals surface area contributed by atoms with Crippen molar-refractivity contribution in [3.05, 3.63) is 52.6 Å². The van der Waals surface area contributed by atoms with Crippen molar-refractivity contribution in [3.8, 4) is 11.8 Å². The minimum Gasteiger partial charge on any atom is -0.382 e. The Morgan fingerprint density at radius 2 is 2.00 bits per heavy atom. The zero-order valence-corrected chi connectivity index (χ0v) is 13.1. The fourth-order valence-corrected chi connectivity index (χ4v) is 3.14. The van der Waals surface area contributed by atoms with Gasteiger partial charge in [0.15, 0.2) is 0 Å². The summed E-state index contributed by atoms with van der Waals surface area (Å²) >= 11 is 0. The average Bonchev–Trinajstić information content (AvgIpc) is 2.94. The molecule has 1 N–H and O–H groups in total. The Morgan fingerprint density at radius 1 is 1.31 bits per heavy atom. The monoisotopic (exact) mass is 374 g/mol. The van der Waals surface area contributed by atoms with Crippen LogP contribution in [0.15, 0.2) is 24.4 Å². The number of aliphatic hydroxyl groups is 1. The maximum atomic E-state index is 13.8. The molecule has 0 saturated carbocycles. The second-order valence-corrected chi connectivity index (χ2v) is 6.05. The van der Waals surface area contributed by atoms with E-state index in [9.17, 15) is 31.4 Å². The van der Waals surface area contributed by atoms with Gasteiger partial charge >= 0.3 is 6.18 Å². The SMILES string of the molecule is N#CCc1cc(-n2cc(C(F)(F)F)c3c2CCC(F)(F)[C@H]3O)ccc1F. The van der Waals surface area contributed by atoms with Crippen LogP contribution in [0.5, 0.6) is 0 Å². The van der Waals surface area contributed by atoms with E-state index in [1.165, 1.54) is 12.1 Å². The van der Waals surface area contributed by atoms with Crippen LogP contribution in [0.25, 0.3) is 5.69 Å². The molecule has 3 nitrogen and oxygen atoms in total. The van der Waals surface area contributed by atoms with Crippen LogP contribution in [0, 0.1) is 17.1 Å². The second-order valence-electron chi connectivity index (χ2n) is 6.05. The Balaban J connectivity index is 2.22. The van der Waals surface area contributed by atoms with Gasteiger partial charge in [0.05, 0.1) is 18.1 Å². The third kappa shape index (κ3) is 2.94. The minimum atomic E-state index is -4.95. The van der Waals surface area contributed by atoms with Gasteiger partial charge in [-0.05, 0) is 24.6 Å². The highest BCUT2D eigenvalue weighted by molar-refractivity contribution is 5.48. The van der Waals surface area contributed by atoms with Crippen molar-refractivity contribution < 1.29 is 31.4 Å². The molecule has 0 fully saturated rings. The smallest absolute Gasteiger partial charge is 0.382 e. The van der Waals surface area contributed by atoms with Crippen LogP contribution in [0.3, 0.4) is 0 Å². The Kier molecular flexibility index (Phi) is 4.27. The molecular formula is C17H12F6N2O. The first kappa shape index (κ1) is 18.3. The first-order valence-electron chi connectivity index (χ1n) is 7.59. The molecule has 1 aromatic carbocycles. The lowest BCUT2D eigenvalue weighted by atomic mass is 9.89. The van der Waals surface area contributed by atoms with Crippen molar-refractivity contribution in [1.82, 2.24) is 4.57 Å². The molecule has 0 saturated heterocycles. The van der Waals surface area contributed by atoms with E-state index in [1.54, 1.807) is 6.07 Å². The van der Waals surface area contributed by atoms with Crippen LogP contribution in [-0.2, 0) is 19.0 Å². The molecule has 1 heterocycles. The summed E-state index contributed by atoms with van der Waals surface area (Å²) in [6.45, 7) is 0. The quantitative estimate of drug-likeness (QED) is 0.796. The number of hydrogen-bond donors (Lipinski definition) is 1. The molecule has 2 aromatic rings. The molecule has 9 heteroatoms. The number of nitrogens with zero attached hydrogens (tertiary/aromatic N) is 2. The van der Waals surface area contributed by atoms with Crippen molar-refractivity contribution in [2.75, 3.05) is 0 Å². The summed E-state index contributed by atoms with van der Waals surface area (Å²) in [7, 11) is 0. The van der Waals surface area contributed by atoms with Crippen LogP contribution in [0.1, 0.15) is 34.9 Å². The van der Waals surface area contributed by atoms with E-state index in [2.05, 4.69) is 0 Å². The van der Waals surface area contributed by atoms with E-state index in [-0.39, 0.29) is 29.8 Å². The number of rotatable bonds is 2. The molecular weight excluding hydrogens is 362 g/mol. The van der Waals surface area contributed by atoms with Crippen LogP contribution in [0.2, 0.25) is 0 Å². The summed E-state index contributed by atoms with van der Waals surface area (Å²) in [6, 6.07) is 5.12. The molecule has 1 atom stereocenters. The number of fused-ring (bicyclic) bond motifs is 1. The number of aromatic nitrogens is 1. The van der Waals surface area contributed by atoms with Gasteiger partial charge in [0.25, 0.3) is 5.92 Å². The van der Waals surface area contributed by atoms with E-state index >= 15 is 0 Å². The van der Waals surface area contributed by atoms with E-state index in [4.69, 9.17) is 5.26 Å². The highest BCUT2D eigenvalue weighted by atomic mass is 19.4. The second kappa shape index (κ2) is 6.06. The lowest BCUT2D eigenvalue weighted by Gasteiger charge is -2.29. The lowest BCUT2D eigenvalue weighted by Crippen LogP contribution is -2.33. The summed E-state index contributed by atoms with van der Waals surface area (Å²) in [4.78, 5) is 0. The summed E-state index contributed by atoms with van der Waals surface area (Å²) in [5.41, 5.74) is -2.25. The Hall–Kier alpha value is -2.47. The molecule has 0 aliphatic heterocycles. The van der Waals surface area contributed by atoms with Crippen LogP contribution in [-0.4, -0.2) is 15.6 Å². The third-order valence-corrected chi connectivity index (χ3v) is 4.40. The lowest BCUT2D eigenvalue weighted by molar-refractivity contribution is -0.147. The Morgan fingerprint density at radius 3 is 2.62 bits per heavy atom. The van der Waals surface area contributed by atoms with Gasteiger partial charge in [0, 0.05) is 35.1 Å². The Labute approximate surface area is 144 Å². The van der Waals surface area contributed by atoms with Crippen LogP contribution < -0.4 is 0 Å². The predicted octanol–water partition coefficient (Wildman–Crippen LogP) is 4.32. The first-order valence-corrected chi connectivity index (χ1v) is 7.59. The summed E-state index contributed by atoms with van der Waals surface area (Å²) in [5.74, 6) is -4.37. The molecule has 0 radical (unpaired) electrons. The van der Waals surface area contributed by atoms with Gasteiger partial charge in [0.1, 0.15) is 11.9 Å². The van der Waals surface area contributed by atoms with Gasteiger partial charge in [0.2, 0.25) is 0 Å². The van der Waals surface area contributed by atoms with Crippen molar-refractivity contribution >= 4 is 0 Å². The highest BCUT2D eigenvalue weighted by Crippen LogP contribution is 2.48. The van der Waals surface area contributed by atoms with Gasteiger partial charge < -0.3 is 9.67 Å². The van der Waals surface area contributed by atoms with Crippen molar-refractivity contribution in [2.45, 2.75) is 37.5 Å². The molecule has 0 bridgehead atoms. The molecule has 1 aliphatic rings. The molecule has 3 rings (SSSR count). The van der Waals surface area contributed by atoms with Gasteiger partial charge in [-0.25, -0.2) is 13.2 Å². The molecule has 138 valence electrons. The van der Waals surface area contributed by atoms with Gasteiger partial charge in [-0.15, -0.1) is 0 Å². The van der Waals surface area contributed by atoms with E-state index in [0.29, 0.717) is 6.20 Å². The van der Waals surface area contributed by atoms with E-state index in [1.807, 2.05) is 0 Å². The summed E-state index contributed by atoms with van der Waals surface area (Å²) in [6.07, 6.45) is -8.40. The topological polar surface area (TPSA) is 49.0 Å². The van der Waals surface area contributed by atoms with Crippen LogP contribution >= 0.6 is 0 Å². The van der Waals surface area contributed by atoms with E-state index < -0.39 is 41.6 Å². The van der Waals surface area contributed by atoms with E-state index in [0.717, 1.165) is 10.6 Å². The van der Waals surface area contributed by atoms with Crippen LogP contribution in [0.4, 0.5) is 26.3 Å². The first-order chi connectivity index (χ1) is 12.1. The summed E-state index contributed by atoms with van der Waals surface area (Å²) in [5, 5.41) is 18.5. The molecule has 0 amide bonds. The fraction of sp³-hybridized carbons (Fsp3) is 0.353. The molecule has 26 heavy (non-hydrogen) atoms. The van der Waals surface area contributed by atoms with Gasteiger partial charge in [-0.1, -0.05) is 0 Å². The average molecular weight is 374 g/mol. The maximum Gasteiger partial charge on any atom is 0.418 e. The fourth-order valence-electron chi connectivity index (χ4n) is 3.14. The largest absolute Gasteiger partial charge is 0.418 e. The number of hydrogen-bond acceptors (Lipinski definition) is 2. The number of benzene rings is 1. The number of alkyl halides is 5. The summed E-state index contributed by atoms with van der Waals surface area (Å²) < 4.78 is 82.2. The normalized spacial score (nSPS) is 19.1. The molecule has 1 aromatic heterocycles. The molecule has 1 aliphatic carbocycles. The number of aliphatic hydroxyl groups excluding tert-OH is 1.